The van der Waals surface area contributed by atoms with Gasteiger partial charge in [0.1, 0.15) is 10.7 Å². The second-order valence-electron chi connectivity index (χ2n) is 6.81. The van der Waals surface area contributed by atoms with Gasteiger partial charge in [0.05, 0.1) is 31.3 Å². The highest BCUT2D eigenvalue weighted by molar-refractivity contribution is 7.13. The Balaban J connectivity index is 1.69. The SMILES string of the molecule is COc1ccc(-c2csc(-c3nnn(-c4ccc(C)c(C)c4)c3C)n2)cc1OC. The second kappa shape index (κ2) is 7.67. The summed E-state index contributed by atoms with van der Waals surface area (Å²) in [4.78, 5) is 4.79. The van der Waals surface area contributed by atoms with Crippen LogP contribution in [0.1, 0.15) is 16.8 Å². The van der Waals surface area contributed by atoms with Crippen molar-refractivity contribution in [3.05, 3.63) is 58.6 Å². The van der Waals surface area contributed by atoms with Crippen LogP contribution in [0.3, 0.4) is 0 Å². The largest absolute Gasteiger partial charge is 0.493 e. The third-order valence-corrected chi connectivity index (χ3v) is 5.86. The Bertz CT molecular complexity index is 1180. The van der Waals surface area contributed by atoms with Gasteiger partial charge in [0.15, 0.2) is 11.5 Å². The normalized spacial score (nSPS) is 10.9. The lowest BCUT2D eigenvalue weighted by Gasteiger charge is -2.08. The van der Waals surface area contributed by atoms with Gasteiger partial charge in [-0.2, -0.15) is 0 Å². The smallest absolute Gasteiger partial charge is 0.161 e. The number of ether oxygens (including phenoxy) is 2. The summed E-state index contributed by atoms with van der Waals surface area (Å²) in [6.45, 7) is 6.22. The first kappa shape index (κ1) is 19.1. The minimum absolute atomic E-state index is 0.677. The van der Waals surface area contributed by atoms with E-state index in [1.165, 1.54) is 11.1 Å². The third kappa shape index (κ3) is 3.49. The lowest BCUT2D eigenvalue weighted by atomic mass is 10.1. The van der Waals surface area contributed by atoms with Gasteiger partial charge in [-0.1, -0.05) is 11.3 Å². The van der Waals surface area contributed by atoms with Crippen LogP contribution in [0.25, 0.3) is 27.6 Å². The number of hydrogen-bond donors (Lipinski definition) is 0. The summed E-state index contributed by atoms with van der Waals surface area (Å²) in [6.07, 6.45) is 0. The summed E-state index contributed by atoms with van der Waals surface area (Å²) in [5.41, 5.74) is 7.06. The number of methoxy groups -OCH3 is 2. The Morgan fingerprint density at radius 3 is 2.41 bits per heavy atom. The van der Waals surface area contributed by atoms with Crippen molar-refractivity contribution in [3.8, 4) is 39.1 Å². The quantitative estimate of drug-likeness (QED) is 0.467. The molecule has 0 spiro atoms. The van der Waals surface area contributed by atoms with Gasteiger partial charge < -0.3 is 9.47 Å². The number of rotatable bonds is 5. The second-order valence-corrected chi connectivity index (χ2v) is 7.67. The molecule has 0 aliphatic rings. The molecule has 0 fully saturated rings. The molecule has 0 amide bonds. The maximum absolute atomic E-state index is 5.40. The average Bonchev–Trinajstić information content (AvgIpc) is 3.36. The zero-order valence-corrected chi connectivity index (χ0v) is 17.9. The van der Waals surface area contributed by atoms with E-state index >= 15 is 0 Å². The van der Waals surface area contributed by atoms with Crippen LogP contribution in [0.4, 0.5) is 0 Å². The molecular formula is C22H22N4O2S. The van der Waals surface area contributed by atoms with Crippen LogP contribution in [0.15, 0.2) is 41.8 Å². The number of hydrogen-bond acceptors (Lipinski definition) is 6. The highest BCUT2D eigenvalue weighted by atomic mass is 32.1. The zero-order chi connectivity index (χ0) is 20.5. The van der Waals surface area contributed by atoms with E-state index in [4.69, 9.17) is 14.5 Å². The molecule has 29 heavy (non-hydrogen) atoms. The van der Waals surface area contributed by atoms with Crippen LogP contribution < -0.4 is 9.47 Å². The topological polar surface area (TPSA) is 62.1 Å². The molecule has 0 aliphatic carbocycles. The van der Waals surface area contributed by atoms with Crippen molar-refractivity contribution in [1.29, 1.82) is 0 Å². The van der Waals surface area contributed by atoms with Crippen molar-refractivity contribution < 1.29 is 9.47 Å². The molecule has 0 radical (unpaired) electrons. The van der Waals surface area contributed by atoms with Crippen LogP contribution in [-0.4, -0.2) is 34.2 Å². The Labute approximate surface area is 173 Å². The molecule has 2 aromatic heterocycles. The van der Waals surface area contributed by atoms with E-state index < -0.39 is 0 Å². The predicted octanol–water partition coefficient (Wildman–Crippen LogP) is 5.00. The van der Waals surface area contributed by atoms with Crippen molar-refractivity contribution >= 4 is 11.3 Å². The summed E-state index contributed by atoms with van der Waals surface area (Å²) in [5, 5.41) is 11.6. The maximum atomic E-state index is 5.40. The monoisotopic (exact) mass is 406 g/mol. The van der Waals surface area contributed by atoms with Crippen LogP contribution >= 0.6 is 11.3 Å². The Morgan fingerprint density at radius 2 is 1.69 bits per heavy atom. The van der Waals surface area contributed by atoms with Gasteiger partial charge in [0, 0.05) is 10.9 Å². The average molecular weight is 407 g/mol. The Morgan fingerprint density at radius 1 is 0.897 bits per heavy atom. The molecule has 0 saturated carbocycles. The van der Waals surface area contributed by atoms with Crippen LogP contribution in [-0.2, 0) is 0 Å². The fourth-order valence-electron chi connectivity index (χ4n) is 3.14. The highest BCUT2D eigenvalue weighted by Crippen LogP contribution is 2.35. The Kier molecular flexibility index (Phi) is 5.07. The number of nitrogens with zero attached hydrogens (tertiary/aromatic N) is 4. The lowest BCUT2D eigenvalue weighted by Crippen LogP contribution is -2.00. The summed E-state index contributed by atoms with van der Waals surface area (Å²) in [7, 11) is 3.25. The molecule has 7 heteroatoms. The van der Waals surface area contributed by atoms with Gasteiger partial charge >= 0.3 is 0 Å². The molecule has 0 unspecified atom stereocenters. The van der Waals surface area contributed by atoms with Crippen molar-refractivity contribution in [2.45, 2.75) is 20.8 Å². The van der Waals surface area contributed by atoms with Gasteiger partial charge in [-0.15, -0.1) is 16.4 Å². The highest BCUT2D eigenvalue weighted by Gasteiger charge is 2.17. The van der Waals surface area contributed by atoms with Gasteiger partial charge in [-0.25, -0.2) is 9.67 Å². The number of aromatic nitrogens is 4. The number of aryl methyl sites for hydroxylation is 2. The lowest BCUT2D eigenvalue weighted by molar-refractivity contribution is 0.355. The van der Waals surface area contributed by atoms with E-state index in [0.29, 0.717) is 11.5 Å². The molecule has 2 aromatic carbocycles. The first-order valence-corrected chi connectivity index (χ1v) is 10.1. The zero-order valence-electron chi connectivity index (χ0n) is 17.1. The summed E-state index contributed by atoms with van der Waals surface area (Å²) in [6, 6.07) is 12.1. The molecule has 2 heterocycles. The molecule has 0 bridgehead atoms. The van der Waals surface area contributed by atoms with Crippen molar-refractivity contribution in [2.24, 2.45) is 0 Å². The van der Waals surface area contributed by atoms with E-state index in [9.17, 15) is 0 Å². The summed E-state index contributed by atoms with van der Waals surface area (Å²) in [5.74, 6) is 1.37. The van der Waals surface area contributed by atoms with Gasteiger partial charge in [0.2, 0.25) is 0 Å². The summed E-state index contributed by atoms with van der Waals surface area (Å²) < 4.78 is 12.6. The van der Waals surface area contributed by atoms with Crippen molar-refractivity contribution in [2.75, 3.05) is 14.2 Å². The first-order chi connectivity index (χ1) is 14.0. The van der Waals surface area contributed by atoms with Crippen LogP contribution in [0.5, 0.6) is 11.5 Å². The molecule has 0 atom stereocenters. The van der Waals surface area contributed by atoms with E-state index in [2.05, 4.69) is 42.4 Å². The fourth-order valence-corrected chi connectivity index (χ4v) is 4.00. The molecule has 4 aromatic rings. The van der Waals surface area contributed by atoms with Crippen molar-refractivity contribution in [1.82, 2.24) is 20.0 Å². The van der Waals surface area contributed by atoms with E-state index in [1.807, 2.05) is 35.2 Å². The first-order valence-electron chi connectivity index (χ1n) is 9.20. The molecule has 0 N–H and O–H groups in total. The number of benzene rings is 2. The number of thiazole rings is 1. The minimum atomic E-state index is 0.677. The molecule has 4 rings (SSSR count). The molecule has 6 nitrogen and oxygen atoms in total. The molecular weight excluding hydrogens is 384 g/mol. The Hall–Kier alpha value is -3.19. The van der Waals surface area contributed by atoms with E-state index in [0.717, 1.165) is 33.3 Å². The van der Waals surface area contributed by atoms with E-state index in [1.54, 1.807) is 25.6 Å². The standard InChI is InChI=1S/C22H22N4O2S/c1-13-6-8-17(10-14(13)2)26-15(3)21(24-25-26)22-23-18(12-29-22)16-7-9-19(27-4)20(11-16)28-5/h6-12H,1-5H3. The summed E-state index contributed by atoms with van der Waals surface area (Å²) >= 11 is 1.55. The molecule has 148 valence electrons. The predicted molar refractivity (Wildman–Crippen MR) is 115 cm³/mol. The van der Waals surface area contributed by atoms with Gasteiger partial charge in [0.25, 0.3) is 0 Å². The van der Waals surface area contributed by atoms with E-state index in [-0.39, 0.29) is 0 Å². The maximum Gasteiger partial charge on any atom is 0.161 e. The molecule has 0 aliphatic heterocycles. The molecule has 0 saturated heterocycles. The van der Waals surface area contributed by atoms with Crippen LogP contribution in [0, 0.1) is 20.8 Å². The van der Waals surface area contributed by atoms with Crippen molar-refractivity contribution in [3.63, 3.8) is 0 Å². The fraction of sp³-hybridized carbons (Fsp3) is 0.227. The minimum Gasteiger partial charge on any atom is -0.493 e. The van der Waals surface area contributed by atoms with Gasteiger partial charge in [-0.3, -0.25) is 0 Å². The van der Waals surface area contributed by atoms with Gasteiger partial charge in [-0.05, 0) is 62.2 Å². The third-order valence-electron chi connectivity index (χ3n) is 5.02. The van der Waals surface area contributed by atoms with Crippen LogP contribution in [0.2, 0.25) is 0 Å².